The number of hydrogen-bond acceptors (Lipinski definition) is 2. The lowest BCUT2D eigenvalue weighted by Crippen LogP contribution is -2.49. The Morgan fingerprint density at radius 1 is 0.882 bits per heavy atom. The molecule has 1 saturated carbocycles. The molecule has 0 aromatic carbocycles. The number of hydrogen-bond donors (Lipinski definition) is 0. The summed E-state index contributed by atoms with van der Waals surface area (Å²) in [6.07, 6.45) is 9.80. The molecule has 17 heavy (non-hydrogen) atoms. The van der Waals surface area contributed by atoms with Crippen molar-refractivity contribution in [2.45, 2.75) is 70.8 Å². The average Bonchev–Trinajstić information content (AvgIpc) is 2.50. The summed E-state index contributed by atoms with van der Waals surface area (Å²) in [7, 11) is 0. The van der Waals surface area contributed by atoms with E-state index in [1.54, 1.807) is 0 Å². The summed E-state index contributed by atoms with van der Waals surface area (Å²) in [6, 6.07) is 2.69. The summed E-state index contributed by atoms with van der Waals surface area (Å²) in [5, 5.41) is 9.70. The van der Waals surface area contributed by atoms with E-state index in [9.17, 15) is 5.26 Å². The van der Waals surface area contributed by atoms with Crippen molar-refractivity contribution in [3.05, 3.63) is 0 Å². The van der Waals surface area contributed by atoms with Crippen LogP contribution in [-0.4, -0.2) is 23.5 Å². The molecule has 2 nitrogen and oxygen atoms in total. The molecular weight excluding hydrogens is 208 g/mol. The highest BCUT2D eigenvalue weighted by Gasteiger charge is 2.40. The minimum atomic E-state index is -0.131. The SMILES string of the molecule is CC1(C)CCCC(C#N)(N2CCCCC2)CC1. The van der Waals surface area contributed by atoms with Gasteiger partial charge in [-0.2, -0.15) is 5.26 Å². The minimum absolute atomic E-state index is 0.131. The van der Waals surface area contributed by atoms with Gasteiger partial charge in [0.1, 0.15) is 5.54 Å². The highest BCUT2D eigenvalue weighted by molar-refractivity contribution is 5.10. The van der Waals surface area contributed by atoms with Gasteiger partial charge in [0.25, 0.3) is 0 Å². The van der Waals surface area contributed by atoms with Gasteiger partial charge in [-0.1, -0.05) is 26.7 Å². The first kappa shape index (κ1) is 12.9. The number of piperidine rings is 1. The smallest absolute Gasteiger partial charge is 0.109 e. The lowest BCUT2D eigenvalue weighted by molar-refractivity contribution is 0.0937. The van der Waals surface area contributed by atoms with Crippen molar-refractivity contribution in [2.24, 2.45) is 5.41 Å². The van der Waals surface area contributed by atoms with Crippen LogP contribution in [0.4, 0.5) is 0 Å². The van der Waals surface area contributed by atoms with Gasteiger partial charge in [0.2, 0.25) is 0 Å². The van der Waals surface area contributed by atoms with Gasteiger partial charge in [0.15, 0.2) is 0 Å². The topological polar surface area (TPSA) is 27.0 Å². The van der Waals surface area contributed by atoms with Crippen molar-refractivity contribution in [3.8, 4) is 6.07 Å². The maximum atomic E-state index is 9.70. The van der Waals surface area contributed by atoms with Gasteiger partial charge in [-0.05, 0) is 57.0 Å². The molecule has 0 radical (unpaired) electrons. The van der Waals surface area contributed by atoms with Gasteiger partial charge in [-0.15, -0.1) is 0 Å². The van der Waals surface area contributed by atoms with E-state index in [0.717, 1.165) is 25.9 Å². The molecule has 1 aliphatic carbocycles. The highest BCUT2D eigenvalue weighted by atomic mass is 15.2. The van der Waals surface area contributed by atoms with Crippen molar-refractivity contribution in [3.63, 3.8) is 0 Å². The quantitative estimate of drug-likeness (QED) is 0.646. The second kappa shape index (κ2) is 4.98. The summed E-state index contributed by atoms with van der Waals surface area (Å²) in [5.74, 6) is 0. The Bertz CT molecular complexity index is 297. The van der Waals surface area contributed by atoms with Crippen LogP contribution in [-0.2, 0) is 0 Å². The maximum Gasteiger partial charge on any atom is 0.109 e. The Morgan fingerprint density at radius 3 is 2.24 bits per heavy atom. The van der Waals surface area contributed by atoms with Crippen LogP contribution >= 0.6 is 0 Å². The molecule has 2 aliphatic rings. The molecule has 0 N–H and O–H groups in total. The van der Waals surface area contributed by atoms with Crippen molar-refractivity contribution >= 4 is 0 Å². The molecule has 2 rings (SSSR count). The Morgan fingerprint density at radius 2 is 1.59 bits per heavy atom. The molecule has 1 atom stereocenters. The summed E-state index contributed by atoms with van der Waals surface area (Å²) in [5.41, 5.74) is 0.308. The molecule has 96 valence electrons. The largest absolute Gasteiger partial charge is 0.286 e. The van der Waals surface area contributed by atoms with Crippen LogP contribution < -0.4 is 0 Å². The Kier molecular flexibility index (Phi) is 3.78. The van der Waals surface area contributed by atoms with Gasteiger partial charge >= 0.3 is 0 Å². The molecule has 2 fully saturated rings. The molecule has 1 aliphatic heterocycles. The molecule has 0 spiro atoms. The normalized spacial score (nSPS) is 34.9. The van der Waals surface area contributed by atoms with Crippen molar-refractivity contribution in [2.75, 3.05) is 13.1 Å². The average molecular weight is 234 g/mol. The molecule has 0 amide bonds. The summed E-state index contributed by atoms with van der Waals surface area (Å²) in [4.78, 5) is 2.50. The zero-order valence-corrected chi connectivity index (χ0v) is 11.5. The van der Waals surface area contributed by atoms with Crippen LogP contribution in [0.15, 0.2) is 0 Å². The first-order valence-corrected chi connectivity index (χ1v) is 7.24. The maximum absolute atomic E-state index is 9.70. The van der Waals surface area contributed by atoms with Crippen LogP contribution in [0.3, 0.4) is 0 Å². The van der Waals surface area contributed by atoms with Gasteiger partial charge in [-0.25, -0.2) is 0 Å². The predicted octanol–water partition coefficient (Wildman–Crippen LogP) is 3.72. The lowest BCUT2D eigenvalue weighted by atomic mass is 9.83. The summed E-state index contributed by atoms with van der Waals surface area (Å²) in [6.45, 7) is 7.01. The fourth-order valence-electron chi connectivity index (χ4n) is 3.48. The highest BCUT2D eigenvalue weighted by Crippen LogP contribution is 2.41. The molecule has 1 unspecified atom stereocenters. The van der Waals surface area contributed by atoms with Crippen molar-refractivity contribution in [1.29, 1.82) is 5.26 Å². The third kappa shape index (κ3) is 2.83. The first-order valence-electron chi connectivity index (χ1n) is 7.24. The van der Waals surface area contributed by atoms with E-state index in [1.807, 2.05) is 0 Å². The van der Waals surface area contributed by atoms with E-state index in [0.29, 0.717) is 5.41 Å². The first-order chi connectivity index (χ1) is 8.08. The lowest BCUT2D eigenvalue weighted by Gasteiger charge is -2.41. The molecule has 2 heteroatoms. The van der Waals surface area contributed by atoms with E-state index >= 15 is 0 Å². The Hall–Kier alpha value is -0.550. The number of rotatable bonds is 1. The standard InChI is InChI=1S/C15H26N2/c1-14(2)7-6-8-15(13-16,10-9-14)17-11-4-3-5-12-17/h3-12H2,1-2H3. The van der Waals surface area contributed by atoms with Crippen molar-refractivity contribution < 1.29 is 0 Å². The summed E-state index contributed by atoms with van der Waals surface area (Å²) < 4.78 is 0. The van der Waals surface area contributed by atoms with Gasteiger partial charge in [0.05, 0.1) is 6.07 Å². The van der Waals surface area contributed by atoms with E-state index in [-0.39, 0.29) is 5.54 Å². The molecule has 0 aromatic rings. The zero-order chi connectivity index (χ0) is 12.4. The van der Waals surface area contributed by atoms with E-state index in [2.05, 4.69) is 24.8 Å². The van der Waals surface area contributed by atoms with E-state index in [1.165, 1.54) is 38.5 Å². The minimum Gasteiger partial charge on any atom is -0.286 e. The van der Waals surface area contributed by atoms with Gasteiger partial charge in [0, 0.05) is 0 Å². The molecular formula is C15H26N2. The second-order valence-electron chi connectivity index (χ2n) is 6.71. The van der Waals surface area contributed by atoms with E-state index in [4.69, 9.17) is 0 Å². The van der Waals surface area contributed by atoms with Crippen molar-refractivity contribution in [1.82, 2.24) is 4.90 Å². The fourth-order valence-corrected chi connectivity index (χ4v) is 3.48. The zero-order valence-electron chi connectivity index (χ0n) is 11.5. The molecule has 1 heterocycles. The van der Waals surface area contributed by atoms with E-state index < -0.39 is 0 Å². The summed E-state index contributed by atoms with van der Waals surface area (Å²) >= 11 is 0. The van der Waals surface area contributed by atoms with Crippen LogP contribution in [0.1, 0.15) is 65.2 Å². The molecule has 1 saturated heterocycles. The number of nitrogens with zero attached hydrogens (tertiary/aromatic N) is 2. The monoisotopic (exact) mass is 234 g/mol. The Labute approximate surface area is 106 Å². The molecule has 0 bridgehead atoms. The predicted molar refractivity (Wildman–Crippen MR) is 70.6 cm³/mol. The Balaban J connectivity index is 2.11. The van der Waals surface area contributed by atoms with Crippen LogP contribution in [0.25, 0.3) is 0 Å². The molecule has 0 aromatic heterocycles. The van der Waals surface area contributed by atoms with Gasteiger partial charge in [-0.3, -0.25) is 4.90 Å². The van der Waals surface area contributed by atoms with Crippen LogP contribution in [0.5, 0.6) is 0 Å². The van der Waals surface area contributed by atoms with Crippen LogP contribution in [0, 0.1) is 16.7 Å². The second-order valence-corrected chi connectivity index (χ2v) is 6.71. The fraction of sp³-hybridized carbons (Fsp3) is 0.933. The third-order valence-corrected chi connectivity index (χ3v) is 4.83. The number of nitriles is 1. The number of likely N-dealkylation sites (tertiary alicyclic amines) is 1. The third-order valence-electron chi connectivity index (χ3n) is 4.83. The van der Waals surface area contributed by atoms with Crippen LogP contribution in [0.2, 0.25) is 0 Å². The van der Waals surface area contributed by atoms with Gasteiger partial charge < -0.3 is 0 Å².